The number of hydrogen-bond donors (Lipinski definition) is 1. The van der Waals surface area contributed by atoms with E-state index in [9.17, 15) is 14.7 Å². The third kappa shape index (κ3) is 4.33. The second-order valence-electron chi connectivity index (χ2n) is 8.36. The summed E-state index contributed by atoms with van der Waals surface area (Å²) in [6.07, 6.45) is 0.574. The molecule has 5 rings (SSSR count). The molecule has 2 aliphatic rings. The molecule has 3 aromatic rings. The number of Topliss-reactive ketones (excluding diaryl/α,β-unsaturated/α-hetero) is 1. The first-order valence-corrected chi connectivity index (χ1v) is 11.4. The van der Waals surface area contributed by atoms with Gasteiger partial charge in [-0.2, -0.15) is 0 Å². The molecule has 7 nitrogen and oxygen atoms in total. The van der Waals surface area contributed by atoms with E-state index in [2.05, 4.69) is 0 Å². The van der Waals surface area contributed by atoms with E-state index in [4.69, 9.17) is 14.2 Å². The lowest BCUT2D eigenvalue weighted by Crippen LogP contribution is -2.31. The minimum absolute atomic E-state index is 0.0462. The summed E-state index contributed by atoms with van der Waals surface area (Å²) < 4.78 is 16.5. The lowest BCUT2D eigenvalue weighted by atomic mass is 9.95. The molecule has 0 bridgehead atoms. The molecule has 0 spiro atoms. The van der Waals surface area contributed by atoms with Crippen LogP contribution in [0, 0.1) is 0 Å². The Hall–Kier alpha value is -4.26. The predicted octanol–water partition coefficient (Wildman–Crippen LogP) is 4.13. The largest absolute Gasteiger partial charge is 0.507 e. The molecule has 2 heterocycles. The molecule has 35 heavy (non-hydrogen) atoms. The highest BCUT2D eigenvalue weighted by atomic mass is 16.6. The molecule has 0 saturated carbocycles. The molecule has 0 aromatic heterocycles. The number of ketones is 1. The van der Waals surface area contributed by atoms with Gasteiger partial charge in [-0.05, 0) is 47.9 Å². The van der Waals surface area contributed by atoms with Crippen LogP contribution in [0.1, 0.15) is 22.7 Å². The van der Waals surface area contributed by atoms with Crippen LogP contribution in [-0.2, 0) is 16.0 Å². The number of benzene rings is 3. The van der Waals surface area contributed by atoms with Crippen LogP contribution in [0.25, 0.3) is 5.76 Å². The number of ether oxygens (including phenoxy) is 3. The number of amides is 1. The number of nitrogens with zero attached hydrogens (tertiary/aromatic N) is 1. The maximum Gasteiger partial charge on any atom is 0.295 e. The molecule has 1 atom stereocenters. The molecular formula is C28H25NO6. The highest BCUT2D eigenvalue weighted by Crippen LogP contribution is 2.41. The minimum Gasteiger partial charge on any atom is -0.507 e. The highest BCUT2D eigenvalue weighted by molar-refractivity contribution is 6.46. The van der Waals surface area contributed by atoms with Crippen LogP contribution < -0.4 is 14.2 Å². The average Bonchev–Trinajstić information content (AvgIpc) is 3.16. The second-order valence-corrected chi connectivity index (χ2v) is 8.36. The number of carbonyl (C=O) groups is 2. The van der Waals surface area contributed by atoms with E-state index in [-0.39, 0.29) is 11.3 Å². The molecule has 1 saturated heterocycles. The Labute approximate surface area is 203 Å². The van der Waals surface area contributed by atoms with Gasteiger partial charge >= 0.3 is 0 Å². The summed E-state index contributed by atoms with van der Waals surface area (Å²) in [5.41, 5.74) is 2.19. The van der Waals surface area contributed by atoms with Crippen molar-refractivity contribution in [1.29, 1.82) is 0 Å². The molecule has 0 radical (unpaired) electrons. The number of likely N-dealkylation sites (tertiary alicyclic amines) is 1. The first-order chi connectivity index (χ1) is 17.1. The molecule has 7 heteroatoms. The molecule has 1 fully saturated rings. The van der Waals surface area contributed by atoms with Gasteiger partial charge < -0.3 is 24.2 Å². The fourth-order valence-electron chi connectivity index (χ4n) is 4.48. The van der Waals surface area contributed by atoms with Gasteiger partial charge in [0.2, 0.25) is 0 Å². The van der Waals surface area contributed by atoms with Crippen molar-refractivity contribution in [2.45, 2.75) is 12.5 Å². The van der Waals surface area contributed by atoms with E-state index >= 15 is 0 Å². The van der Waals surface area contributed by atoms with Crippen molar-refractivity contribution >= 4 is 17.4 Å². The fraction of sp³-hybridized carbons (Fsp3) is 0.214. The van der Waals surface area contributed by atoms with Crippen molar-refractivity contribution in [2.24, 2.45) is 0 Å². The second kappa shape index (κ2) is 9.54. The number of hydrogen-bond acceptors (Lipinski definition) is 6. The smallest absolute Gasteiger partial charge is 0.295 e. The maximum atomic E-state index is 13.2. The monoisotopic (exact) mass is 471 g/mol. The SMILES string of the molecule is COc1ccc([C@H]2/C(=C(\O)c3ccc4c(c3)OCCO4)C(=O)C(=O)N2CCc2ccccc2)cc1. The molecule has 3 aromatic carbocycles. The third-order valence-corrected chi connectivity index (χ3v) is 6.27. The van der Waals surface area contributed by atoms with Gasteiger partial charge in [-0.15, -0.1) is 0 Å². The van der Waals surface area contributed by atoms with Crippen molar-refractivity contribution in [1.82, 2.24) is 4.90 Å². The van der Waals surface area contributed by atoms with E-state index < -0.39 is 17.7 Å². The zero-order valence-electron chi connectivity index (χ0n) is 19.3. The van der Waals surface area contributed by atoms with Gasteiger partial charge in [-0.25, -0.2) is 0 Å². The summed E-state index contributed by atoms with van der Waals surface area (Å²) >= 11 is 0. The summed E-state index contributed by atoms with van der Waals surface area (Å²) in [6, 6.07) is 21.2. The number of aliphatic hydroxyl groups excluding tert-OH is 1. The fourth-order valence-corrected chi connectivity index (χ4v) is 4.48. The summed E-state index contributed by atoms with van der Waals surface area (Å²) in [5, 5.41) is 11.3. The van der Waals surface area contributed by atoms with E-state index in [0.29, 0.717) is 54.6 Å². The third-order valence-electron chi connectivity index (χ3n) is 6.27. The normalized spacial score (nSPS) is 18.5. The minimum atomic E-state index is -0.738. The number of carbonyl (C=O) groups excluding carboxylic acids is 2. The number of rotatable bonds is 6. The molecule has 0 aliphatic carbocycles. The topological polar surface area (TPSA) is 85.3 Å². The molecule has 1 amide bonds. The Bertz CT molecular complexity index is 1280. The molecule has 178 valence electrons. The first kappa shape index (κ1) is 22.5. The van der Waals surface area contributed by atoms with Gasteiger partial charge in [0.05, 0.1) is 18.7 Å². The van der Waals surface area contributed by atoms with Gasteiger partial charge in [0, 0.05) is 12.1 Å². The van der Waals surface area contributed by atoms with Crippen LogP contribution in [-0.4, -0.2) is 48.6 Å². The van der Waals surface area contributed by atoms with Gasteiger partial charge in [-0.3, -0.25) is 9.59 Å². The van der Waals surface area contributed by atoms with Gasteiger partial charge in [0.25, 0.3) is 11.7 Å². The first-order valence-electron chi connectivity index (χ1n) is 11.4. The van der Waals surface area contributed by atoms with Crippen molar-refractivity contribution in [3.63, 3.8) is 0 Å². The molecule has 0 unspecified atom stereocenters. The standard InChI is InChI=1S/C28H25NO6/c1-33-21-10-7-19(8-11-21)25-24(26(30)20-9-12-22-23(17-20)35-16-15-34-22)27(31)28(32)29(25)14-13-18-5-3-2-4-6-18/h2-12,17,25,30H,13-16H2,1H3/b26-24+/t25-/m0/s1. The molecule has 2 aliphatic heterocycles. The van der Waals surface area contributed by atoms with Crippen molar-refractivity contribution in [3.05, 3.63) is 95.1 Å². The van der Waals surface area contributed by atoms with Crippen LogP contribution in [0.2, 0.25) is 0 Å². The Kier molecular flexibility index (Phi) is 6.14. The summed E-state index contributed by atoms with van der Waals surface area (Å²) in [7, 11) is 1.57. The van der Waals surface area contributed by atoms with Crippen LogP contribution >= 0.6 is 0 Å². The molecule has 1 N–H and O–H groups in total. The predicted molar refractivity (Wildman–Crippen MR) is 130 cm³/mol. The van der Waals surface area contributed by atoms with Crippen LogP contribution in [0.15, 0.2) is 78.4 Å². The zero-order valence-corrected chi connectivity index (χ0v) is 19.3. The van der Waals surface area contributed by atoms with E-state index in [1.807, 2.05) is 42.5 Å². The van der Waals surface area contributed by atoms with Gasteiger partial charge in [-0.1, -0.05) is 42.5 Å². The van der Waals surface area contributed by atoms with Gasteiger partial charge in [0.1, 0.15) is 24.7 Å². The lowest BCUT2D eigenvalue weighted by molar-refractivity contribution is -0.139. The molecular weight excluding hydrogens is 446 g/mol. The van der Waals surface area contributed by atoms with Crippen molar-refractivity contribution in [3.8, 4) is 17.2 Å². The van der Waals surface area contributed by atoms with E-state index in [1.54, 1.807) is 37.4 Å². The Morgan fingerprint density at radius 3 is 2.40 bits per heavy atom. The summed E-state index contributed by atoms with van der Waals surface area (Å²) in [5.74, 6) is 0.111. The van der Waals surface area contributed by atoms with Crippen LogP contribution in [0.4, 0.5) is 0 Å². The quantitative estimate of drug-likeness (QED) is 0.331. The summed E-state index contributed by atoms with van der Waals surface area (Å²) in [6.45, 7) is 1.17. The average molecular weight is 472 g/mol. The van der Waals surface area contributed by atoms with Crippen molar-refractivity contribution in [2.75, 3.05) is 26.9 Å². The lowest BCUT2D eigenvalue weighted by Gasteiger charge is -2.25. The maximum absolute atomic E-state index is 13.2. The number of methoxy groups -OCH3 is 1. The zero-order chi connectivity index (χ0) is 24.4. The highest BCUT2D eigenvalue weighted by Gasteiger charge is 2.45. The summed E-state index contributed by atoms with van der Waals surface area (Å²) in [4.78, 5) is 28.0. The number of aliphatic hydroxyl groups is 1. The van der Waals surface area contributed by atoms with Crippen molar-refractivity contribution < 1.29 is 28.9 Å². The van der Waals surface area contributed by atoms with Crippen LogP contribution in [0.3, 0.4) is 0 Å². The van der Waals surface area contributed by atoms with Gasteiger partial charge in [0.15, 0.2) is 11.5 Å². The van der Waals surface area contributed by atoms with E-state index in [0.717, 1.165) is 5.56 Å². The Balaban J connectivity index is 1.57. The van der Waals surface area contributed by atoms with E-state index in [1.165, 1.54) is 4.90 Å². The van der Waals surface area contributed by atoms with Crippen LogP contribution in [0.5, 0.6) is 17.2 Å². The Morgan fingerprint density at radius 1 is 0.971 bits per heavy atom. The Morgan fingerprint density at radius 2 is 1.69 bits per heavy atom. The number of fused-ring (bicyclic) bond motifs is 1.